The molecule has 1 aromatic rings. The number of carbonyl (C=O) groups is 3. The monoisotopic (exact) mass is 444 g/mol. The van der Waals surface area contributed by atoms with Gasteiger partial charge in [0.05, 0.1) is 6.04 Å². The fraction of sp³-hybridized carbons (Fsp3) is 0.357. The largest absolute Gasteiger partial charge is 0.504 e. The molecule has 29 heavy (non-hydrogen) atoms. The number of amides is 1. The van der Waals surface area contributed by atoms with Crippen LogP contribution in [0.5, 0.6) is 11.5 Å². The molecule has 6 N–H and O–H groups in total. The van der Waals surface area contributed by atoms with Crippen molar-refractivity contribution in [3.8, 4) is 11.5 Å². The Hall–Kier alpha value is -2.67. The van der Waals surface area contributed by atoms with Crippen LogP contribution in [0.2, 0.25) is 0 Å². The quantitative estimate of drug-likeness (QED) is 0.186. The molecular formula is C14H16F3N2O9P. The van der Waals surface area contributed by atoms with Gasteiger partial charge in [-0.15, -0.1) is 0 Å². The lowest BCUT2D eigenvalue weighted by Crippen LogP contribution is -2.65. The highest BCUT2D eigenvalue weighted by atomic mass is 31.2. The molecule has 0 aromatic heterocycles. The predicted octanol–water partition coefficient (Wildman–Crippen LogP) is 0.589. The topological polar surface area (TPSA) is 188 Å². The van der Waals surface area contributed by atoms with Crippen LogP contribution in [-0.4, -0.2) is 67.4 Å². The summed E-state index contributed by atoms with van der Waals surface area (Å²) < 4.78 is 49.0. The summed E-state index contributed by atoms with van der Waals surface area (Å²) in [5.41, 5.74) is 5.41. The maximum absolute atomic E-state index is 12.0. The Balaban J connectivity index is 0.000000516. The summed E-state index contributed by atoms with van der Waals surface area (Å²) >= 11 is 0. The van der Waals surface area contributed by atoms with E-state index in [1.807, 2.05) is 0 Å². The standard InChI is InChI=1S/C12H15N2O7P.C2HF3O2/c1-6-11(13)12(18)14(6)22(19,20)21-5-10(17)7-2-3-8(15)9(16)4-7;3-2(4,5)1(6)7/h2-4,6,11,15-16H,5,13H2,1H3,(H,19,20);(H,6,7)/t6-,11-;/m0./s1. The van der Waals surface area contributed by atoms with Gasteiger partial charge in [-0.1, -0.05) is 0 Å². The number of carboxylic acid groups (broad SMARTS) is 1. The zero-order chi connectivity index (χ0) is 22.7. The second kappa shape index (κ2) is 8.78. The van der Waals surface area contributed by atoms with Crippen molar-refractivity contribution < 1.29 is 56.9 Å². The molecule has 0 radical (unpaired) electrons. The van der Waals surface area contributed by atoms with E-state index in [2.05, 4.69) is 4.52 Å². The van der Waals surface area contributed by atoms with Gasteiger partial charge in [-0.2, -0.15) is 13.2 Å². The van der Waals surface area contributed by atoms with E-state index in [0.717, 1.165) is 12.1 Å². The number of carboxylic acids is 1. The first-order chi connectivity index (χ1) is 13.1. The molecule has 0 spiro atoms. The van der Waals surface area contributed by atoms with Gasteiger partial charge in [-0.3, -0.25) is 14.1 Å². The number of nitrogens with two attached hydrogens (primary N) is 1. The van der Waals surface area contributed by atoms with Crippen molar-refractivity contribution in [1.82, 2.24) is 4.67 Å². The molecule has 0 aliphatic carbocycles. The molecule has 1 aliphatic rings. The lowest BCUT2D eigenvalue weighted by atomic mass is 10.0. The Labute approximate surface area is 160 Å². The van der Waals surface area contributed by atoms with Crippen molar-refractivity contribution in [1.29, 1.82) is 0 Å². The summed E-state index contributed by atoms with van der Waals surface area (Å²) in [4.78, 5) is 41.9. The van der Waals surface area contributed by atoms with Gasteiger partial charge in [0.1, 0.15) is 12.6 Å². The fourth-order valence-electron chi connectivity index (χ4n) is 1.97. The van der Waals surface area contributed by atoms with E-state index in [9.17, 15) is 37.3 Å². The Bertz CT molecular complexity index is 861. The normalized spacial score (nSPS) is 20.8. The molecule has 3 atom stereocenters. The third-order valence-corrected chi connectivity index (χ3v) is 5.16. The number of hydrogen-bond donors (Lipinski definition) is 5. The maximum Gasteiger partial charge on any atom is 0.490 e. The van der Waals surface area contributed by atoms with Crippen LogP contribution in [0.25, 0.3) is 0 Å². The van der Waals surface area contributed by atoms with E-state index < -0.39 is 61.8 Å². The molecule has 1 unspecified atom stereocenters. The molecular weight excluding hydrogens is 428 g/mol. The number of benzene rings is 1. The lowest BCUT2D eigenvalue weighted by molar-refractivity contribution is -0.192. The molecule has 1 aliphatic heterocycles. The van der Waals surface area contributed by atoms with E-state index in [4.69, 9.17) is 20.7 Å². The number of aromatic hydroxyl groups is 2. The number of phenols is 2. The summed E-state index contributed by atoms with van der Waals surface area (Å²) in [6, 6.07) is 1.78. The fourth-order valence-corrected chi connectivity index (χ4v) is 3.37. The SMILES string of the molecule is C[C@H]1[C@H](N)C(=O)N1P(=O)(O)OCC(=O)c1ccc(O)c(O)c1.O=C(O)C(F)(F)F. The summed E-state index contributed by atoms with van der Waals surface area (Å²) in [5, 5.41) is 25.6. The predicted molar refractivity (Wildman–Crippen MR) is 87.9 cm³/mol. The maximum atomic E-state index is 12.0. The molecule has 1 aromatic carbocycles. The summed E-state index contributed by atoms with van der Waals surface area (Å²) in [6.45, 7) is 0.710. The third-order valence-electron chi connectivity index (χ3n) is 3.59. The molecule has 11 nitrogen and oxygen atoms in total. The van der Waals surface area contributed by atoms with Crippen LogP contribution in [0.15, 0.2) is 18.2 Å². The minimum Gasteiger partial charge on any atom is -0.504 e. The lowest BCUT2D eigenvalue weighted by Gasteiger charge is -2.43. The smallest absolute Gasteiger partial charge is 0.490 e. The van der Waals surface area contributed by atoms with Crippen LogP contribution < -0.4 is 5.73 Å². The summed E-state index contributed by atoms with van der Waals surface area (Å²) in [5.74, 6) is -5.09. The number of aliphatic carboxylic acids is 1. The number of halogens is 3. The van der Waals surface area contributed by atoms with Gasteiger partial charge in [0.2, 0.25) is 0 Å². The second-order valence-electron chi connectivity index (χ2n) is 5.64. The van der Waals surface area contributed by atoms with Crippen LogP contribution in [0.1, 0.15) is 17.3 Å². The van der Waals surface area contributed by atoms with E-state index in [1.54, 1.807) is 0 Å². The van der Waals surface area contributed by atoms with Crippen LogP contribution in [0.4, 0.5) is 13.2 Å². The number of hydrogen-bond acceptors (Lipinski definition) is 8. The number of alkyl halides is 3. The average molecular weight is 444 g/mol. The van der Waals surface area contributed by atoms with Gasteiger partial charge in [0.25, 0.3) is 5.91 Å². The van der Waals surface area contributed by atoms with Gasteiger partial charge < -0.3 is 25.9 Å². The number of ketones is 1. The van der Waals surface area contributed by atoms with Crippen LogP contribution in [0.3, 0.4) is 0 Å². The summed E-state index contributed by atoms with van der Waals surface area (Å²) in [7, 11) is -4.47. The first-order valence-corrected chi connectivity index (χ1v) is 9.04. The molecule has 1 saturated heterocycles. The van der Waals surface area contributed by atoms with Gasteiger partial charge in [0, 0.05) is 5.56 Å². The first kappa shape index (κ1) is 24.4. The average Bonchev–Trinajstić information content (AvgIpc) is 2.61. The molecule has 15 heteroatoms. The van der Waals surface area contributed by atoms with Crippen LogP contribution in [0, 0.1) is 0 Å². The van der Waals surface area contributed by atoms with Crippen molar-refractivity contribution in [2.75, 3.05) is 6.61 Å². The van der Waals surface area contributed by atoms with Crippen LogP contribution >= 0.6 is 7.75 Å². The Kier molecular flexibility index (Phi) is 7.38. The number of carbonyl (C=O) groups excluding carboxylic acids is 2. The van der Waals surface area contributed by atoms with Crippen LogP contribution in [-0.2, 0) is 18.7 Å². The van der Waals surface area contributed by atoms with Gasteiger partial charge in [-0.25, -0.2) is 14.0 Å². The van der Waals surface area contributed by atoms with Gasteiger partial charge in [0.15, 0.2) is 17.3 Å². The highest BCUT2D eigenvalue weighted by Gasteiger charge is 2.52. The van der Waals surface area contributed by atoms with E-state index in [0.29, 0.717) is 4.67 Å². The molecule has 1 heterocycles. The molecule has 2 rings (SSSR count). The highest BCUT2D eigenvalue weighted by molar-refractivity contribution is 7.51. The third kappa shape index (κ3) is 5.90. The van der Waals surface area contributed by atoms with Crippen molar-refractivity contribution >= 4 is 25.4 Å². The Morgan fingerprint density at radius 2 is 1.79 bits per heavy atom. The van der Waals surface area contributed by atoms with Gasteiger partial charge in [-0.05, 0) is 25.1 Å². The molecule has 162 valence electrons. The Morgan fingerprint density at radius 1 is 1.28 bits per heavy atom. The van der Waals surface area contributed by atoms with Crippen molar-refractivity contribution in [2.24, 2.45) is 5.73 Å². The number of nitrogens with zero attached hydrogens (tertiary/aromatic N) is 1. The number of β-lactam (4-membered cyclic amide) rings is 1. The molecule has 1 fully saturated rings. The number of phenolic OH excluding ortho intramolecular Hbond substituents is 2. The van der Waals surface area contributed by atoms with Crippen molar-refractivity contribution in [2.45, 2.75) is 25.2 Å². The van der Waals surface area contributed by atoms with E-state index >= 15 is 0 Å². The van der Waals surface area contributed by atoms with E-state index in [1.165, 1.54) is 13.0 Å². The number of Topliss-reactive ketones (excluding diaryl/α,β-unsaturated/α-hetero) is 1. The minimum atomic E-state index is -5.08. The zero-order valence-electron chi connectivity index (χ0n) is 14.5. The highest BCUT2D eigenvalue weighted by Crippen LogP contribution is 2.52. The zero-order valence-corrected chi connectivity index (χ0v) is 15.4. The molecule has 1 amide bonds. The first-order valence-electron chi connectivity index (χ1n) is 7.51. The van der Waals surface area contributed by atoms with Crippen molar-refractivity contribution in [3.05, 3.63) is 23.8 Å². The number of rotatable bonds is 5. The Morgan fingerprint density at radius 3 is 2.21 bits per heavy atom. The minimum absolute atomic E-state index is 0.0185. The molecule has 0 bridgehead atoms. The van der Waals surface area contributed by atoms with Gasteiger partial charge >= 0.3 is 19.9 Å². The second-order valence-corrected chi connectivity index (χ2v) is 7.31. The summed E-state index contributed by atoms with van der Waals surface area (Å²) in [6.07, 6.45) is -5.08. The molecule has 0 saturated carbocycles. The van der Waals surface area contributed by atoms with Crippen molar-refractivity contribution in [3.63, 3.8) is 0 Å². The van der Waals surface area contributed by atoms with E-state index in [-0.39, 0.29) is 5.56 Å².